The average Bonchev–Trinajstić information content (AvgIpc) is 2.32. The second-order valence-corrected chi connectivity index (χ2v) is 3.92. The van der Waals surface area contributed by atoms with Crippen LogP contribution in [0.4, 0.5) is 10.1 Å². The topological polar surface area (TPSA) is 49.8 Å². The summed E-state index contributed by atoms with van der Waals surface area (Å²) in [5.41, 5.74) is 7.34. The van der Waals surface area contributed by atoms with Crippen LogP contribution in [0.2, 0.25) is 5.02 Å². The molecule has 0 radical (unpaired) electrons. The molecule has 0 aliphatic heterocycles. The summed E-state index contributed by atoms with van der Waals surface area (Å²) in [6.07, 6.45) is 0. The van der Waals surface area contributed by atoms with E-state index in [0.717, 1.165) is 0 Å². The number of nitriles is 1. The van der Waals surface area contributed by atoms with Crippen molar-refractivity contribution in [1.29, 1.82) is 5.26 Å². The van der Waals surface area contributed by atoms with E-state index in [9.17, 15) is 4.39 Å². The Labute approximate surface area is 103 Å². The van der Waals surface area contributed by atoms with Crippen molar-refractivity contribution in [3.63, 3.8) is 0 Å². The number of benzene rings is 2. The molecule has 4 heteroatoms. The Kier molecular flexibility index (Phi) is 2.99. The van der Waals surface area contributed by atoms with Gasteiger partial charge in [-0.3, -0.25) is 0 Å². The molecule has 0 atom stereocenters. The van der Waals surface area contributed by atoms with Crippen molar-refractivity contribution < 1.29 is 4.39 Å². The molecule has 0 amide bonds. The molecular formula is C13H8ClFN2. The van der Waals surface area contributed by atoms with Crippen molar-refractivity contribution >= 4 is 17.3 Å². The molecule has 0 unspecified atom stereocenters. The minimum atomic E-state index is -0.488. The number of hydrogen-bond acceptors (Lipinski definition) is 2. The Morgan fingerprint density at radius 2 is 2.00 bits per heavy atom. The van der Waals surface area contributed by atoms with Gasteiger partial charge in [-0.1, -0.05) is 29.8 Å². The summed E-state index contributed by atoms with van der Waals surface area (Å²) in [6, 6.07) is 11.5. The molecule has 17 heavy (non-hydrogen) atoms. The van der Waals surface area contributed by atoms with Crippen molar-refractivity contribution in [2.45, 2.75) is 0 Å². The van der Waals surface area contributed by atoms with E-state index in [4.69, 9.17) is 22.6 Å². The first-order valence-electron chi connectivity index (χ1n) is 4.87. The number of anilines is 1. The summed E-state index contributed by atoms with van der Waals surface area (Å²) in [5.74, 6) is -0.488. The van der Waals surface area contributed by atoms with E-state index in [-0.39, 0.29) is 5.02 Å². The van der Waals surface area contributed by atoms with Crippen molar-refractivity contribution in [3.8, 4) is 17.2 Å². The molecule has 2 aromatic rings. The molecule has 0 bridgehead atoms. The Morgan fingerprint density at radius 3 is 2.65 bits per heavy atom. The van der Waals surface area contributed by atoms with Gasteiger partial charge in [-0.15, -0.1) is 0 Å². The Balaban J connectivity index is 2.59. The number of hydrogen-bond donors (Lipinski definition) is 1. The molecule has 2 rings (SSSR count). The summed E-state index contributed by atoms with van der Waals surface area (Å²) in [6.45, 7) is 0. The van der Waals surface area contributed by atoms with Crippen LogP contribution in [0.25, 0.3) is 11.1 Å². The molecule has 0 aliphatic rings. The van der Waals surface area contributed by atoms with Gasteiger partial charge in [0.05, 0.1) is 16.3 Å². The highest BCUT2D eigenvalue weighted by molar-refractivity contribution is 6.31. The van der Waals surface area contributed by atoms with Gasteiger partial charge in [-0.2, -0.15) is 5.26 Å². The van der Waals surface area contributed by atoms with Gasteiger partial charge in [-0.25, -0.2) is 4.39 Å². The highest BCUT2D eigenvalue weighted by atomic mass is 35.5. The highest BCUT2D eigenvalue weighted by Crippen LogP contribution is 2.29. The Morgan fingerprint density at radius 1 is 1.24 bits per heavy atom. The fourth-order valence-electron chi connectivity index (χ4n) is 1.56. The highest BCUT2D eigenvalue weighted by Gasteiger charge is 2.09. The molecule has 84 valence electrons. The molecule has 0 saturated heterocycles. The predicted octanol–water partition coefficient (Wildman–Crippen LogP) is 3.60. The number of nitrogens with two attached hydrogens (primary N) is 1. The van der Waals surface area contributed by atoms with E-state index in [1.807, 2.05) is 6.07 Å². The van der Waals surface area contributed by atoms with Crippen LogP contribution >= 0.6 is 11.6 Å². The Bertz CT molecular complexity index is 617. The van der Waals surface area contributed by atoms with E-state index < -0.39 is 5.82 Å². The lowest BCUT2D eigenvalue weighted by Gasteiger charge is -2.06. The summed E-state index contributed by atoms with van der Waals surface area (Å²) in [7, 11) is 0. The molecule has 0 aromatic heterocycles. The van der Waals surface area contributed by atoms with Crippen molar-refractivity contribution in [2.24, 2.45) is 0 Å². The van der Waals surface area contributed by atoms with E-state index in [1.165, 1.54) is 6.07 Å². The number of nitrogen functional groups attached to an aromatic ring is 1. The van der Waals surface area contributed by atoms with Crippen LogP contribution in [0, 0.1) is 17.1 Å². The van der Waals surface area contributed by atoms with Crippen molar-refractivity contribution in [2.75, 3.05) is 5.73 Å². The van der Waals surface area contributed by atoms with E-state index in [2.05, 4.69) is 0 Å². The van der Waals surface area contributed by atoms with Gasteiger partial charge < -0.3 is 5.73 Å². The summed E-state index contributed by atoms with van der Waals surface area (Å²) in [5, 5.41) is 8.81. The molecule has 0 fully saturated rings. The predicted molar refractivity (Wildman–Crippen MR) is 66.0 cm³/mol. The average molecular weight is 247 g/mol. The summed E-state index contributed by atoms with van der Waals surface area (Å²) < 4.78 is 13.8. The zero-order chi connectivity index (χ0) is 12.4. The first kappa shape index (κ1) is 11.4. The SMILES string of the molecule is N#Cc1ccc(-c2cccc(Cl)c2F)cc1N. The second-order valence-electron chi connectivity index (χ2n) is 3.52. The molecule has 0 saturated carbocycles. The fourth-order valence-corrected chi connectivity index (χ4v) is 1.73. The lowest BCUT2D eigenvalue weighted by molar-refractivity contribution is 0.632. The minimum absolute atomic E-state index is 0.0606. The molecule has 0 spiro atoms. The second kappa shape index (κ2) is 4.44. The van der Waals surface area contributed by atoms with Gasteiger partial charge in [0, 0.05) is 5.56 Å². The number of halogens is 2. The largest absolute Gasteiger partial charge is 0.398 e. The zero-order valence-electron chi connectivity index (χ0n) is 8.74. The number of rotatable bonds is 1. The van der Waals surface area contributed by atoms with E-state index >= 15 is 0 Å². The van der Waals surface area contributed by atoms with Crippen molar-refractivity contribution in [3.05, 3.63) is 52.8 Å². The lowest BCUT2D eigenvalue weighted by Crippen LogP contribution is -1.92. The van der Waals surface area contributed by atoms with E-state index in [1.54, 1.807) is 30.3 Å². The summed E-state index contributed by atoms with van der Waals surface area (Å²) in [4.78, 5) is 0. The lowest BCUT2D eigenvalue weighted by atomic mass is 10.0. The van der Waals surface area contributed by atoms with Crippen LogP contribution in [-0.2, 0) is 0 Å². The van der Waals surface area contributed by atoms with Crippen molar-refractivity contribution in [1.82, 2.24) is 0 Å². The minimum Gasteiger partial charge on any atom is -0.398 e. The third-order valence-corrected chi connectivity index (χ3v) is 2.73. The van der Waals surface area contributed by atoms with Gasteiger partial charge in [0.15, 0.2) is 0 Å². The smallest absolute Gasteiger partial charge is 0.149 e. The van der Waals surface area contributed by atoms with Crippen LogP contribution in [-0.4, -0.2) is 0 Å². The van der Waals surface area contributed by atoms with Gasteiger partial charge >= 0.3 is 0 Å². The number of nitrogens with zero attached hydrogens (tertiary/aromatic N) is 1. The molecule has 0 aliphatic carbocycles. The fraction of sp³-hybridized carbons (Fsp3) is 0. The van der Waals surface area contributed by atoms with Crippen LogP contribution in [0.5, 0.6) is 0 Å². The maximum absolute atomic E-state index is 13.8. The Hall–Kier alpha value is -2.05. The van der Waals surface area contributed by atoms with Crippen LogP contribution in [0.1, 0.15) is 5.56 Å². The standard InChI is InChI=1S/C13H8ClFN2/c14-11-3-1-2-10(13(11)15)8-4-5-9(7-16)12(17)6-8/h1-6H,17H2. The first-order valence-corrected chi connectivity index (χ1v) is 5.25. The maximum atomic E-state index is 13.8. The van der Waals surface area contributed by atoms with E-state index in [0.29, 0.717) is 22.4 Å². The molecule has 0 heterocycles. The van der Waals surface area contributed by atoms with Gasteiger partial charge in [-0.05, 0) is 23.8 Å². The van der Waals surface area contributed by atoms with Crippen LogP contribution in [0.15, 0.2) is 36.4 Å². The van der Waals surface area contributed by atoms with Crippen LogP contribution in [0.3, 0.4) is 0 Å². The molecular weight excluding hydrogens is 239 g/mol. The molecule has 2 N–H and O–H groups in total. The molecule has 2 aromatic carbocycles. The maximum Gasteiger partial charge on any atom is 0.149 e. The summed E-state index contributed by atoms with van der Waals surface area (Å²) >= 11 is 5.70. The normalized spacial score (nSPS) is 9.94. The first-order chi connectivity index (χ1) is 8.13. The third kappa shape index (κ3) is 2.08. The van der Waals surface area contributed by atoms with Gasteiger partial charge in [0.1, 0.15) is 11.9 Å². The molecule has 2 nitrogen and oxygen atoms in total. The third-order valence-electron chi connectivity index (χ3n) is 2.43. The zero-order valence-corrected chi connectivity index (χ0v) is 9.50. The quantitative estimate of drug-likeness (QED) is 0.782. The monoisotopic (exact) mass is 246 g/mol. The van der Waals surface area contributed by atoms with Gasteiger partial charge in [0.2, 0.25) is 0 Å². The van der Waals surface area contributed by atoms with Crippen LogP contribution < -0.4 is 5.73 Å². The van der Waals surface area contributed by atoms with Gasteiger partial charge in [0.25, 0.3) is 0 Å².